The molecule has 1 aromatic heterocycles. The van der Waals surface area contributed by atoms with Crippen molar-refractivity contribution in [2.24, 2.45) is 0 Å². The predicted molar refractivity (Wildman–Crippen MR) is 54.5 cm³/mol. The van der Waals surface area contributed by atoms with Crippen LogP contribution in [-0.4, -0.2) is 4.57 Å². The van der Waals surface area contributed by atoms with Crippen molar-refractivity contribution in [2.45, 2.75) is 6.55 Å². The van der Waals surface area contributed by atoms with Crippen molar-refractivity contribution in [3.8, 4) is 0 Å². The van der Waals surface area contributed by atoms with Crippen LogP contribution in [0.25, 0.3) is 10.9 Å². The largest absolute Gasteiger partial charge is 0.321 e. The lowest BCUT2D eigenvalue weighted by molar-refractivity contribution is 0.0714. The monoisotopic (exact) mass is 229 g/mol. The first-order valence-electron chi connectivity index (χ1n) is 4.19. The fourth-order valence-corrected chi connectivity index (χ4v) is 1.69. The Balaban J connectivity index is 2.94. The standard InChI is InChI=1S/C10H6ClF2NO/c11-7-2-1-3-8-6(7)4-5-9(15)14(8)10(12)13/h1-5,10H. The Morgan fingerprint density at radius 2 is 1.93 bits per heavy atom. The van der Waals surface area contributed by atoms with E-state index in [1.54, 1.807) is 6.07 Å². The molecule has 0 saturated heterocycles. The minimum atomic E-state index is -2.86. The summed E-state index contributed by atoms with van der Waals surface area (Å²) >= 11 is 5.83. The third kappa shape index (κ3) is 1.61. The first-order chi connectivity index (χ1) is 7.11. The fraction of sp³-hybridized carbons (Fsp3) is 0.100. The molecule has 78 valence electrons. The summed E-state index contributed by atoms with van der Waals surface area (Å²) in [6.07, 6.45) is 0. The molecule has 0 saturated carbocycles. The smallest absolute Gasteiger partial charge is 0.269 e. The maximum Gasteiger partial charge on any atom is 0.321 e. The predicted octanol–water partition coefficient (Wildman–Crippen LogP) is 3.05. The molecule has 0 unspecified atom stereocenters. The maximum atomic E-state index is 12.6. The molecule has 0 fully saturated rings. The van der Waals surface area contributed by atoms with Crippen LogP contribution in [0.4, 0.5) is 8.78 Å². The average molecular weight is 230 g/mol. The third-order valence-electron chi connectivity index (χ3n) is 2.11. The van der Waals surface area contributed by atoms with Gasteiger partial charge in [0.15, 0.2) is 0 Å². The van der Waals surface area contributed by atoms with Crippen LogP contribution in [0.1, 0.15) is 6.55 Å². The van der Waals surface area contributed by atoms with Gasteiger partial charge in [-0.05, 0) is 18.2 Å². The second kappa shape index (κ2) is 3.62. The Labute approximate surface area is 88.7 Å². The average Bonchev–Trinajstić information content (AvgIpc) is 2.17. The number of hydrogen-bond acceptors (Lipinski definition) is 1. The van der Waals surface area contributed by atoms with Gasteiger partial charge in [-0.15, -0.1) is 0 Å². The van der Waals surface area contributed by atoms with E-state index in [-0.39, 0.29) is 5.52 Å². The van der Waals surface area contributed by atoms with Crippen molar-refractivity contribution in [2.75, 3.05) is 0 Å². The number of rotatable bonds is 1. The fourth-order valence-electron chi connectivity index (χ4n) is 1.46. The molecule has 0 aliphatic rings. The molecule has 5 heteroatoms. The molecule has 0 aliphatic heterocycles. The lowest BCUT2D eigenvalue weighted by Gasteiger charge is -2.08. The van der Waals surface area contributed by atoms with Crippen LogP contribution in [0.2, 0.25) is 5.02 Å². The van der Waals surface area contributed by atoms with E-state index in [4.69, 9.17) is 11.6 Å². The lowest BCUT2D eigenvalue weighted by atomic mass is 10.2. The molecule has 2 aromatic rings. The van der Waals surface area contributed by atoms with Crippen LogP contribution in [-0.2, 0) is 0 Å². The van der Waals surface area contributed by atoms with Crippen molar-refractivity contribution < 1.29 is 8.78 Å². The molecule has 15 heavy (non-hydrogen) atoms. The summed E-state index contributed by atoms with van der Waals surface area (Å²) in [5.41, 5.74) is -0.593. The summed E-state index contributed by atoms with van der Waals surface area (Å²) in [6, 6.07) is 7.08. The highest BCUT2D eigenvalue weighted by atomic mass is 35.5. The zero-order valence-electron chi connectivity index (χ0n) is 7.45. The molecule has 0 amide bonds. The number of pyridine rings is 1. The minimum Gasteiger partial charge on any atom is -0.269 e. The van der Waals surface area contributed by atoms with Gasteiger partial charge in [0.25, 0.3) is 5.56 Å². The van der Waals surface area contributed by atoms with E-state index in [2.05, 4.69) is 0 Å². The van der Waals surface area contributed by atoms with Gasteiger partial charge in [-0.3, -0.25) is 9.36 Å². The van der Waals surface area contributed by atoms with Gasteiger partial charge in [-0.1, -0.05) is 17.7 Å². The molecule has 0 bridgehead atoms. The van der Waals surface area contributed by atoms with Crippen LogP contribution in [0, 0.1) is 0 Å². The van der Waals surface area contributed by atoms with Gasteiger partial charge in [-0.25, -0.2) is 0 Å². The molecular formula is C10H6ClF2NO. The molecule has 0 atom stereocenters. The molecule has 1 aromatic carbocycles. The summed E-state index contributed by atoms with van der Waals surface area (Å²) in [5, 5.41) is 0.793. The first-order valence-corrected chi connectivity index (χ1v) is 4.57. The maximum absolute atomic E-state index is 12.6. The highest BCUT2D eigenvalue weighted by Crippen LogP contribution is 2.24. The van der Waals surface area contributed by atoms with Gasteiger partial charge in [0, 0.05) is 16.5 Å². The molecule has 0 radical (unpaired) electrons. The Kier molecular flexibility index (Phi) is 2.44. The number of aromatic nitrogens is 1. The van der Waals surface area contributed by atoms with Crippen molar-refractivity contribution in [3.63, 3.8) is 0 Å². The third-order valence-corrected chi connectivity index (χ3v) is 2.44. The molecule has 2 rings (SSSR count). The topological polar surface area (TPSA) is 22.0 Å². The van der Waals surface area contributed by atoms with E-state index in [1.807, 2.05) is 0 Å². The summed E-state index contributed by atoms with van der Waals surface area (Å²) in [7, 11) is 0. The molecular weight excluding hydrogens is 224 g/mol. The van der Waals surface area contributed by atoms with Gasteiger partial charge < -0.3 is 0 Å². The number of halogens is 3. The molecule has 0 aliphatic carbocycles. The van der Waals surface area contributed by atoms with E-state index >= 15 is 0 Å². The number of fused-ring (bicyclic) bond motifs is 1. The Hall–Kier alpha value is -1.42. The van der Waals surface area contributed by atoms with Gasteiger partial charge in [0.1, 0.15) is 0 Å². The second-order valence-electron chi connectivity index (χ2n) is 2.99. The lowest BCUT2D eigenvalue weighted by Crippen LogP contribution is -2.19. The van der Waals surface area contributed by atoms with Gasteiger partial charge in [-0.2, -0.15) is 8.78 Å². The quantitative estimate of drug-likeness (QED) is 0.737. The van der Waals surface area contributed by atoms with Crippen molar-refractivity contribution in [1.82, 2.24) is 4.57 Å². The number of hydrogen-bond donors (Lipinski definition) is 0. The summed E-state index contributed by atoms with van der Waals surface area (Å²) in [6.45, 7) is -2.86. The van der Waals surface area contributed by atoms with Crippen molar-refractivity contribution in [3.05, 3.63) is 45.7 Å². The van der Waals surface area contributed by atoms with Crippen LogP contribution >= 0.6 is 11.6 Å². The number of nitrogens with zero attached hydrogens (tertiary/aromatic N) is 1. The van der Waals surface area contributed by atoms with Gasteiger partial charge in [0.05, 0.1) is 5.52 Å². The van der Waals surface area contributed by atoms with Crippen LogP contribution in [0.5, 0.6) is 0 Å². The van der Waals surface area contributed by atoms with E-state index in [0.717, 1.165) is 6.07 Å². The van der Waals surface area contributed by atoms with E-state index in [1.165, 1.54) is 18.2 Å². The van der Waals surface area contributed by atoms with E-state index < -0.39 is 12.1 Å². The zero-order valence-corrected chi connectivity index (χ0v) is 8.21. The minimum absolute atomic E-state index is 0.144. The number of benzene rings is 1. The second-order valence-corrected chi connectivity index (χ2v) is 3.40. The van der Waals surface area contributed by atoms with E-state index in [0.29, 0.717) is 15.0 Å². The summed E-state index contributed by atoms with van der Waals surface area (Å²) < 4.78 is 25.6. The zero-order chi connectivity index (χ0) is 11.0. The van der Waals surface area contributed by atoms with Crippen LogP contribution < -0.4 is 5.56 Å². The highest BCUT2D eigenvalue weighted by Gasteiger charge is 2.12. The first kappa shape index (κ1) is 10.1. The summed E-state index contributed by atoms with van der Waals surface area (Å²) in [4.78, 5) is 11.2. The summed E-state index contributed by atoms with van der Waals surface area (Å²) in [5.74, 6) is 0. The van der Waals surface area contributed by atoms with Crippen molar-refractivity contribution >= 4 is 22.5 Å². The van der Waals surface area contributed by atoms with Crippen LogP contribution in [0.15, 0.2) is 35.1 Å². The molecule has 2 nitrogen and oxygen atoms in total. The molecule has 0 N–H and O–H groups in total. The van der Waals surface area contributed by atoms with Crippen LogP contribution in [0.3, 0.4) is 0 Å². The van der Waals surface area contributed by atoms with Gasteiger partial charge >= 0.3 is 6.55 Å². The Morgan fingerprint density at radius 1 is 1.20 bits per heavy atom. The SMILES string of the molecule is O=c1ccc2c(Cl)cccc2n1C(F)F. The van der Waals surface area contributed by atoms with Crippen molar-refractivity contribution in [1.29, 1.82) is 0 Å². The normalized spacial score (nSPS) is 11.2. The molecule has 0 spiro atoms. The Bertz CT molecular complexity index is 565. The van der Waals surface area contributed by atoms with Gasteiger partial charge in [0.2, 0.25) is 0 Å². The molecule has 1 heterocycles. The Morgan fingerprint density at radius 3 is 2.60 bits per heavy atom. The highest BCUT2D eigenvalue weighted by molar-refractivity contribution is 6.35. The van der Waals surface area contributed by atoms with E-state index in [9.17, 15) is 13.6 Å². The number of alkyl halides is 2.